The van der Waals surface area contributed by atoms with E-state index in [0.29, 0.717) is 41.3 Å². The molecule has 0 saturated carbocycles. The second kappa shape index (κ2) is 63.3. The molecule has 0 fully saturated rings. The number of carboxylic acids is 1. The van der Waals surface area contributed by atoms with Crippen molar-refractivity contribution in [3.63, 3.8) is 0 Å². The third kappa shape index (κ3) is 45.8. The quantitative estimate of drug-likeness (QED) is 0.00648. The van der Waals surface area contributed by atoms with Gasteiger partial charge in [-0.3, -0.25) is 84.6 Å². The van der Waals surface area contributed by atoms with E-state index >= 15 is 47.9 Å². The van der Waals surface area contributed by atoms with E-state index in [2.05, 4.69) is 95.7 Å². The Kier molecular flexibility index (Phi) is 52.6. The fraction of sp³-hybridized carbons (Fsp3) is 0.517. The summed E-state index contributed by atoms with van der Waals surface area (Å²) in [6.07, 6.45) is 2.59. The van der Waals surface area contributed by atoms with Crippen molar-refractivity contribution in [2.24, 2.45) is 57.5 Å². The number of rotatable bonds is 47. The lowest BCUT2D eigenvalue weighted by atomic mass is 10.00. The second-order valence-electron chi connectivity index (χ2n) is 33.5. The Morgan fingerprint density at radius 3 is 1.29 bits per heavy atom. The van der Waals surface area contributed by atoms with Crippen LogP contribution in [0.4, 0.5) is 4.79 Å². The molecule has 1 heterocycles. The molecule has 44 N–H and O–H groups in total. The van der Waals surface area contributed by atoms with Gasteiger partial charge in [0.05, 0.1) is 12.0 Å². The van der Waals surface area contributed by atoms with E-state index in [1.54, 1.807) is 42.5 Å². The van der Waals surface area contributed by atoms with Crippen molar-refractivity contribution in [2.75, 3.05) is 63.9 Å². The molecule has 1 aliphatic rings. The summed E-state index contributed by atoms with van der Waals surface area (Å²) >= 11 is 0. The van der Waals surface area contributed by atoms with Gasteiger partial charge >= 0.3 is 12.0 Å². The van der Waals surface area contributed by atoms with Gasteiger partial charge in [0.1, 0.15) is 78.0 Å². The highest BCUT2D eigenvalue weighted by Crippen LogP contribution is 2.26. The standard InChI is InChI=1S/C89H140N32O17S2/c1-50-24-31-56(16-4-6-36-90)110-73(126)60(18-5-7-37-91)112-74(127)62(20-10-40-106-86(97)98)115-79(132)67(46-52-28-34-58(123)35-29-52)119-82(135)70(121-80(133)68(47-53-25-30-54-14-2-3-15-55(54)44-53)118-76(129)61(19-9-39-105-85(95)96)111-72(125)59(92)17-8-38-104-84(93)94)49-140-139-48-69(81(134)116-65(83(136)137)23-13-42-108-88(101)102)120-77(130)64(22-12-43-109-89(103)138)113-75(128)63(21-11-41-107-87(99)100)114-78(131)66(117-71(50)124)45-51-26-32-57(122)33-27-51/h2-3,14-15,24-35,44,50,56,59-70,122-123H,4-13,16-23,36-43,45-49,90-92H2,1H3,(H,110,126)(H,111,125)(H,112,127)(H,113,128)(H,114,131)(H,115,132)(H,116,134)(H,117,124)(H,118,129)(H,119,135)(H,120,130)(H,121,133)(H,136,137)(H4,93,94,104)(H4,95,96,105)(H4,97,98,106)(H4,99,100,107)(H4,101,102,108)(H3,103,109,138)/b31-24+/t50-,56-,59+,60+,61+,62+,63+,64+,65+,66+,67+,68+,69+,70+/m1/s1. The Labute approximate surface area is 819 Å². The Hall–Kier alpha value is -14.2. The number of fused-ring (bicyclic) bond motifs is 1. The summed E-state index contributed by atoms with van der Waals surface area (Å²) in [5.41, 5.74) is 52.8. The highest BCUT2D eigenvalue weighted by Gasteiger charge is 2.38. The summed E-state index contributed by atoms with van der Waals surface area (Å²) in [6.45, 7) is 1.76. The lowest BCUT2D eigenvalue weighted by Crippen LogP contribution is -2.61. The number of aliphatic carboxylic acids is 1. The van der Waals surface area contributed by atoms with Gasteiger partial charge in [-0.25, -0.2) is 9.59 Å². The molecule has 4 aromatic rings. The molecule has 51 heteroatoms. The lowest BCUT2D eigenvalue weighted by molar-refractivity contribution is -0.142. The monoisotopic (exact) mass is 1990 g/mol. The van der Waals surface area contributed by atoms with Crippen molar-refractivity contribution in [1.82, 2.24) is 95.7 Å². The normalized spacial score (nSPS) is 20.1. The van der Waals surface area contributed by atoms with Crippen LogP contribution in [0, 0.1) is 33.0 Å². The minimum absolute atomic E-state index is 0.00791. The summed E-state index contributed by atoms with van der Waals surface area (Å²) in [7, 11) is 1.49. The van der Waals surface area contributed by atoms with Gasteiger partial charge in [0.2, 0.25) is 70.9 Å². The van der Waals surface area contributed by atoms with Gasteiger partial charge in [-0.05, 0) is 180 Å². The van der Waals surface area contributed by atoms with Crippen LogP contribution in [0.15, 0.2) is 103 Å². The fourth-order valence-corrected chi connectivity index (χ4v) is 16.7. The second-order valence-corrected chi connectivity index (χ2v) is 36.1. The molecule has 1 aliphatic heterocycles. The van der Waals surface area contributed by atoms with Crippen LogP contribution in [0.25, 0.3) is 10.8 Å². The number of carbonyl (C=O) groups excluding carboxylic acids is 13. The van der Waals surface area contributed by atoms with Crippen LogP contribution in [-0.4, -0.2) is 270 Å². The number of carbonyl (C=O) groups is 14. The van der Waals surface area contributed by atoms with Crippen molar-refractivity contribution in [3.05, 3.63) is 120 Å². The third-order valence-corrected chi connectivity index (χ3v) is 24.5. The number of aromatic hydroxyl groups is 2. The van der Waals surface area contributed by atoms with Gasteiger partial charge in [-0.2, -0.15) is 0 Å². The van der Waals surface area contributed by atoms with Gasteiger partial charge in [-0.1, -0.05) is 107 Å². The largest absolute Gasteiger partial charge is 0.508 e. The summed E-state index contributed by atoms with van der Waals surface area (Å²) in [5.74, 6) is -18.0. The van der Waals surface area contributed by atoms with Crippen LogP contribution in [0.1, 0.15) is 139 Å². The number of primary amides is 1. The molecule has 4 aromatic carbocycles. The summed E-state index contributed by atoms with van der Waals surface area (Å²) in [6, 6.07) is 2.11. The molecule has 0 aromatic heterocycles. The number of urea groups is 1. The molecule has 0 spiro atoms. The molecule has 0 radical (unpaired) electrons. The van der Waals surface area contributed by atoms with E-state index in [1.165, 1.54) is 61.5 Å². The maximum absolute atomic E-state index is 16.0. The van der Waals surface area contributed by atoms with E-state index < -0.39 is 209 Å². The molecule has 14 atom stereocenters. The maximum atomic E-state index is 16.0. The number of hydrogen-bond donors (Lipinski definition) is 35. The number of phenols is 2. The average molecular weight is 1990 g/mol. The average Bonchev–Trinajstić information content (AvgIpc) is 0.821. The van der Waals surface area contributed by atoms with E-state index in [1.807, 2.05) is 6.07 Å². The van der Waals surface area contributed by atoms with Crippen LogP contribution in [-0.2, 0) is 81.6 Å². The smallest absolute Gasteiger partial charge is 0.326 e. The third-order valence-electron chi connectivity index (χ3n) is 22.0. The number of nitrogens with one attached hydrogen (secondary N) is 23. The van der Waals surface area contributed by atoms with Crippen LogP contribution < -0.4 is 147 Å². The molecule has 0 saturated heterocycles. The zero-order valence-corrected chi connectivity index (χ0v) is 80.0. The zero-order valence-electron chi connectivity index (χ0n) is 78.4. The molecule has 5 rings (SSSR count). The highest BCUT2D eigenvalue weighted by atomic mass is 33.1. The van der Waals surface area contributed by atoms with Crippen molar-refractivity contribution >= 4 is 145 Å². The van der Waals surface area contributed by atoms with Gasteiger partial charge in [-0.15, -0.1) is 0 Å². The molecule has 770 valence electrons. The van der Waals surface area contributed by atoms with Gasteiger partial charge in [0.15, 0.2) is 29.8 Å². The minimum Gasteiger partial charge on any atom is -0.508 e. The first kappa shape index (κ1) is 116. The van der Waals surface area contributed by atoms with E-state index in [9.17, 15) is 34.5 Å². The van der Waals surface area contributed by atoms with Crippen molar-refractivity contribution in [3.8, 4) is 11.5 Å². The molecular formula is C89H140N32O17S2. The van der Waals surface area contributed by atoms with Gasteiger partial charge in [0, 0.05) is 76.1 Å². The van der Waals surface area contributed by atoms with Gasteiger partial charge < -0.3 is 163 Å². The zero-order chi connectivity index (χ0) is 103. The predicted molar refractivity (Wildman–Crippen MR) is 532 cm³/mol. The van der Waals surface area contributed by atoms with Crippen LogP contribution in [0.5, 0.6) is 11.5 Å². The molecule has 0 bridgehead atoms. The topological polar surface area (TPSA) is 870 Å². The molecule has 0 unspecified atom stereocenters. The highest BCUT2D eigenvalue weighted by molar-refractivity contribution is 8.76. The van der Waals surface area contributed by atoms with Crippen molar-refractivity contribution in [2.45, 2.75) is 220 Å². The van der Waals surface area contributed by atoms with Crippen LogP contribution >= 0.6 is 21.6 Å². The Balaban J connectivity index is 1.83. The number of nitrogens with two attached hydrogens (primary N) is 9. The number of benzene rings is 4. The lowest BCUT2D eigenvalue weighted by Gasteiger charge is -2.28. The minimum atomic E-state index is -1.88. The number of hydrogen-bond acceptors (Lipinski definition) is 26. The predicted octanol–water partition coefficient (Wildman–Crippen LogP) is -4.88. The van der Waals surface area contributed by atoms with Gasteiger partial charge in [0.25, 0.3) is 0 Å². The number of carboxylic acid groups (broad SMARTS) is 1. The summed E-state index contributed by atoms with van der Waals surface area (Å²) in [4.78, 5) is 208. The molecule has 49 nitrogen and oxygen atoms in total. The molecule has 0 aliphatic carbocycles. The fourth-order valence-electron chi connectivity index (χ4n) is 14.4. The Bertz CT molecular complexity index is 4830. The first-order chi connectivity index (χ1) is 66.7. The number of amides is 14. The van der Waals surface area contributed by atoms with Crippen molar-refractivity contribution in [1.29, 1.82) is 27.0 Å². The van der Waals surface area contributed by atoms with E-state index in [-0.39, 0.29) is 179 Å². The molecular weight excluding hydrogens is 1850 g/mol. The molecule has 140 heavy (non-hydrogen) atoms. The molecule has 14 amide bonds. The SMILES string of the molecule is C[C@@H]1/C=C/[C@@H](CCCCN)NC(=O)[C@H](CCCCN)NC(=O)[C@H](CCCNC(=N)N)NC(=O)[C@H](Cc2ccc(O)cc2)NC(=O)[C@@H](NC(=O)[C@H](Cc2ccc3ccccc3c2)NC(=O)[C@H](CCCNC(=N)N)NC(=O)[C@@H](N)CCCNC(=N)N)CSSC[C@@H](C(=O)N[C@@H](CCCNC(=N)N)C(=O)O)NC(=O)[C@H](CCCNC(N)=O)NC(=O)[C@H](CCCNC(=N)N)NC(=O)[C@H](Cc2ccc(O)cc2)NC1=O. The first-order valence-corrected chi connectivity index (χ1v) is 48.6. The maximum Gasteiger partial charge on any atom is 0.326 e. The van der Waals surface area contributed by atoms with Crippen LogP contribution in [0.3, 0.4) is 0 Å². The Morgan fingerprint density at radius 1 is 0.407 bits per heavy atom. The van der Waals surface area contributed by atoms with Crippen LogP contribution in [0.2, 0.25) is 0 Å². The first-order valence-electron chi connectivity index (χ1n) is 46.1. The summed E-state index contributed by atoms with van der Waals surface area (Å²) in [5, 5.41) is 120. The summed E-state index contributed by atoms with van der Waals surface area (Å²) < 4.78 is 0. The van der Waals surface area contributed by atoms with E-state index in [4.69, 9.17) is 78.6 Å². The van der Waals surface area contributed by atoms with Crippen molar-refractivity contribution < 1.29 is 82.4 Å². The number of unbranched alkanes of at least 4 members (excludes halogenated alkanes) is 2. The number of phenolic OH excluding ortho intramolecular Hbond substituents is 2. The Morgan fingerprint density at radius 2 is 0.807 bits per heavy atom. The van der Waals surface area contributed by atoms with E-state index in [0.717, 1.165) is 27.0 Å². The number of guanidine groups is 5.